The molecule has 1 amide bonds. The van der Waals surface area contributed by atoms with Crippen LogP contribution in [0.15, 0.2) is 64.6 Å². The van der Waals surface area contributed by atoms with Crippen LogP contribution >= 0.6 is 11.8 Å². The zero-order valence-corrected chi connectivity index (χ0v) is 22.3. The molecule has 1 aromatic heterocycles. The molecule has 0 radical (unpaired) electrons. The molecule has 1 heterocycles. The maximum Gasteiger partial charge on any atom is 0.490 e. The van der Waals surface area contributed by atoms with Gasteiger partial charge in [-0.25, -0.2) is 14.8 Å². The summed E-state index contributed by atoms with van der Waals surface area (Å²) >= 11 is 1.50. The number of amides is 1. The van der Waals surface area contributed by atoms with Gasteiger partial charge in [-0.2, -0.15) is 13.2 Å². The van der Waals surface area contributed by atoms with E-state index in [4.69, 9.17) is 9.90 Å². The minimum atomic E-state index is -5.08. The Morgan fingerprint density at radius 2 is 1.69 bits per heavy atom. The number of alkyl halides is 3. The van der Waals surface area contributed by atoms with Crippen LogP contribution in [-0.2, 0) is 4.79 Å². The fourth-order valence-electron chi connectivity index (χ4n) is 4.02. The van der Waals surface area contributed by atoms with Crippen molar-refractivity contribution in [2.75, 3.05) is 11.9 Å². The average Bonchev–Trinajstić information content (AvgIpc) is 3.78. The van der Waals surface area contributed by atoms with E-state index in [1.807, 2.05) is 62.4 Å². The number of rotatable bonds is 8. The maximum absolute atomic E-state index is 12.9. The second-order valence-electron chi connectivity index (χ2n) is 9.75. The molecule has 0 aliphatic heterocycles. The molecule has 5 rings (SSSR count). The van der Waals surface area contributed by atoms with Crippen molar-refractivity contribution in [2.24, 2.45) is 5.92 Å². The molecular weight excluding hydrogens is 529 g/mol. The number of carboxylic acid groups (broad SMARTS) is 1. The lowest BCUT2D eigenvalue weighted by atomic mass is 10.1. The monoisotopic (exact) mass is 558 g/mol. The Morgan fingerprint density at radius 1 is 1.03 bits per heavy atom. The smallest absolute Gasteiger partial charge is 0.475 e. The molecule has 0 saturated heterocycles. The van der Waals surface area contributed by atoms with E-state index in [1.54, 1.807) is 0 Å². The number of halogens is 3. The molecule has 39 heavy (non-hydrogen) atoms. The summed E-state index contributed by atoms with van der Waals surface area (Å²) in [7, 11) is 0. The predicted molar refractivity (Wildman–Crippen MR) is 142 cm³/mol. The lowest BCUT2D eigenvalue weighted by Crippen LogP contribution is -2.21. The first kappa shape index (κ1) is 28.6. The first-order valence-electron chi connectivity index (χ1n) is 12.5. The van der Waals surface area contributed by atoms with E-state index >= 15 is 0 Å². The van der Waals surface area contributed by atoms with Gasteiger partial charge >= 0.3 is 12.1 Å². The van der Waals surface area contributed by atoms with Crippen molar-refractivity contribution < 1.29 is 27.9 Å². The molecule has 2 unspecified atom stereocenters. The lowest BCUT2D eigenvalue weighted by Gasteiger charge is -2.09. The van der Waals surface area contributed by atoms with E-state index in [0.29, 0.717) is 22.7 Å². The predicted octanol–water partition coefficient (Wildman–Crippen LogP) is 5.99. The molecule has 11 heteroatoms. The van der Waals surface area contributed by atoms with Gasteiger partial charge < -0.3 is 15.7 Å². The Hall–Kier alpha value is -3.44. The number of aromatic nitrogens is 2. The van der Waals surface area contributed by atoms with Crippen molar-refractivity contribution in [3.63, 3.8) is 0 Å². The average molecular weight is 559 g/mol. The van der Waals surface area contributed by atoms with E-state index in [0.717, 1.165) is 40.9 Å². The Balaban J connectivity index is 0.000000448. The summed E-state index contributed by atoms with van der Waals surface area (Å²) in [5, 5.41) is 14.6. The van der Waals surface area contributed by atoms with E-state index in [2.05, 4.69) is 26.7 Å². The first-order valence-corrected chi connectivity index (χ1v) is 13.3. The second-order valence-corrected chi connectivity index (χ2v) is 10.8. The van der Waals surface area contributed by atoms with Crippen LogP contribution < -0.4 is 10.6 Å². The Labute approximate surface area is 228 Å². The van der Waals surface area contributed by atoms with Crippen LogP contribution in [0, 0.1) is 19.8 Å². The third kappa shape index (κ3) is 8.79. The van der Waals surface area contributed by atoms with Gasteiger partial charge in [0.15, 0.2) is 5.16 Å². The van der Waals surface area contributed by atoms with Gasteiger partial charge in [-0.15, -0.1) is 0 Å². The van der Waals surface area contributed by atoms with Crippen LogP contribution in [0.3, 0.4) is 0 Å². The summed E-state index contributed by atoms with van der Waals surface area (Å²) in [4.78, 5) is 31.8. The van der Waals surface area contributed by atoms with Gasteiger partial charge in [0.25, 0.3) is 5.91 Å². The zero-order chi connectivity index (χ0) is 28.2. The van der Waals surface area contributed by atoms with E-state index in [9.17, 15) is 18.0 Å². The number of anilines is 1. The largest absolute Gasteiger partial charge is 0.490 e. The normalized spacial score (nSPS) is 18.1. The number of nitrogens with one attached hydrogen (secondary N) is 2. The van der Waals surface area contributed by atoms with Crippen molar-refractivity contribution in [3.8, 4) is 0 Å². The summed E-state index contributed by atoms with van der Waals surface area (Å²) in [6.45, 7) is 5.08. The molecule has 2 aliphatic carbocycles. The number of aliphatic carboxylic acids is 1. The van der Waals surface area contributed by atoms with Crippen molar-refractivity contribution in [1.29, 1.82) is 0 Å². The van der Waals surface area contributed by atoms with Gasteiger partial charge in [-0.05, 0) is 99.3 Å². The van der Waals surface area contributed by atoms with Gasteiger partial charge in [0.05, 0.1) is 0 Å². The van der Waals surface area contributed by atoms with Crippen LogP contribution in [-0.4, -0.2) is 45.7 Å². The SMILES string of the molecule is Cc1cc(C)nc(Sc2cccc(NC(=O)c3cccc(C4CC4NCC4CC4)c3)c2)n1.O=C(O)C(F)(F)F. The van der Waals surface area contributed by atoms with Crippen molar-refractivity contribution in [1.82, 2.24) is 15.3 Å². The fraction of sp³-hybridized carbons (Fsp3) is 0.357. The third-order valence-corrected chi connectivity index (χ3v) is 7.09. The summed E-state index contributed by atoms with van der Waals surface area (Å²) in [5.41, 5.74) is 4.62. The number of carbonyl (C=O) groups excluding carboxylic acids is 1. The van der Waals surface area contributed by atoms with Gasteiger partial charge in [-0.3, -0.25) is 4.79 Å². The Bertz CT molecular complexity index is 1330. The number of carboxylic acids is 1. The maximum atomic E-state index is 12.9. The number of aryl methyl sites for hydroxylation is 2. The molecule has 2 aliphatic rings. The Morgan fingerprint density at radius 3 is 2.33 bits per heavy atom. The van der Waals surface area contributed by atoms with Gasteiger partial charge in [-0.1, -0.05) is 18.2 Å². The zero-order valence-electron chi connectivity index (χ0n) is 21.5. The fourth-order valence-corrected chi connectivity index (χ4v) is 4.95. The molecule has 3 N–H and O–H groups in total. The Kier molecular flexibility index (Phi) is 8.91. The number of hydrogen-bond donors (Lipinski definition) is 3. The molecule has 0 spiro atoms. The second kappa shape index (κ2) is 12.2. The van der Waals surface area contributed by atoms with E-state index < -0.39 is 12.1 Å². The van der Waals surface area contributed by atoms with Gasteiger partial charge in [0.1, 0.15) is 0 Å². The number of benzene rings is 2. The molecule has 2 atom stereocenters. The van der Waals surface area contributed by atoms with E-state index in [-0.39, 0.29) is 5.91 Å². The van der Waals surface area contributed by atoms with Crippen LogP contribution in [0.2, 0.25) is 0 Å². The van der Waals surface area contributed by atoms with Crippen LogP contribution in [0.25, 0.3) is 0 Å². The topological polar surface area (TPSA) is 104 Å². The van der Waals surface area contributed by atoms with Crippen LogP contribution in [0.1, 0.15) is 52.5 Å². The van der Waals surface area contributed by atoms with Crippen LogP contribution in [0.4, 0.5) is 18.9 Å². The van der Waals surface area contributed by atoms with Crippen molar-refractivity contribution in [3.05, 3.63) is 77.1 Å². The highest BCUT2D eigenvalue weighted by atomic mass is 32.2. The van der Waals surface area contributed by atoms with E-state index in [1.165, 1.54) is 30.2 Å². The van der Waals surface area contributed by atoms with Crippen LogP contribution in [0.5, 0.6) is 0 Å². The van der Waals surface area contributed by atoms with Gasteiger partial charge in [0, 0.05) is 39.5 Å². The summed E-state index contributed by atoms with van der Waals surface area (Å²) in [5.74, 6) is -1.42. The summed E-state index contributed by atoms with van der Waals surface area (Å²) in [6, 6.07) is 18.4. The molecular formula is C28H29F3N4O3S. The molecule has 2 fully saturated rings. The van der Waals surface area contributed by atoms with Crippen molar-refractivity contribution in [2.45, 2.75) is 61.3 Å². The lowest BCUT2D eigenvalue weighted by molar-refractivity contribution is -0.192. The molecule has 206 valence electrons. The third-order valence-electron chi connectivity index (χ3n) is 6.24. The number of nitrogens with zero attached hydrogens (tertiary/aromatic N) is 2. The highest BCUT2D eigenvalue weighted by Crippen LogP contribution is 2.42. The standard InChI is InChI=1S/C26H28N4OS.C2HF3O2/c1-16-11-17(2)29-26(28-16)32-22-8-4-7-21(13-22)30-25(31)20-6-3-5-19(12-20)23-14-24(23)27-15-18-9-10-18;3-2(4,5)1(6)7/h3-8,11-13,18,23-24,27H,9-10,14-15H2,1-2H3,(H,30,31);(H,6,7). The number of carbonyl (C=O) groups is 2. The summed E-state index contributed by atoms with van der Waals surface area (Å²) < 4.78 is 31.7. The molecule has 7 nitrogen and oxygen atoms in total. The minimum Gasteiger partial charge on any atom is -0.475 e. The molecule has 3 aromatic rings. The molecule has 0 bridgehead atoms. The highest BCUT2D eigenvalue weighted by Gasteiger charge is 2.39. The quantitative estimate of drug-likeness (QED) is 0.292. The minimum absolute atomic E-state index is 0.0835. The molecule has 2 saturated carbocycles. The van der Waals surface area contributed by atoms with Gasteiger partial charge in [0.2, 0.25) is 0 Å². The molecule has 2 aromatic carbocycles. The number of hydrogen-bond acceptors (Lipinski definition) is 6. The first-order chi connectivity index (χ1) is 18.5. The highest BCUT2D eigenvalue weighted by molar-refractivity contribution is 7.99. The summed E-state index contributed by atoms with van der Waals surface area (Å²) in [6.07, 6.45) is -1.17. The van der Waals surface area contributed by atoms with Crippen molar-refractivity contribution >= 4 is 29.3 Å².